The summed E-state index contributed by atoms with van der Waals surface area (Å²) in [5, 5.41) is 9.79. The number of aromatic amines is 1. The van der Waals surface area contributed by atoms with Crippen molar-refractivity contribution in [2.45, 2.75) is 18.4 Å². The number of methoxy groups -OCH3 is 1. The van der Waals surface area contributed by atoms with Crippen LogP contribution in [-0.2, 0) is 4.79 Å². The molecule has 3 rings (SSSR count). The molecule has 0 aliphatic carbocycles. The second-order valence-corrected chi connectivity index (χ2v) is 6.02. The maximum Gasteiger partial charge on any atom is 0.490 e. The van der Waals surface area contributed by atoms with Crippen LogP contribution in [0.15, 0.2) is 18.3 Å². The summed E-state index contributed by atoms with van der Waals surface area (Å²) in [5.74, 6) is -3.16. The summed E-state index contributed by atoms with van der Waals surface area (Å²) in [4.78, 5) is 29.4. The number of ether oxygens (including phenoxy) is 1. The van der Waals surface area contributed by atoms with E-state index < -0.39 is 30.3 Å². The number of halogens is 6. The van der Waals surface area contributed by atoms with Gasteiger partial charge < -0.3 is 25.0 Å². The van der Waals surface area contributed by atoms with Crippen LogP contribution in [0.2, 0.25) is 0 Å². The van der Waals surface area contributed by atoms with Crippen LogP contribution in [-0.4, -0.2) is 77.0 Å². The van der Waals surface area contributed by atoms with E-state index in [-0.39, 0.29) is 18.7 Å². The number of hydrogen-bond acceptors (Lipinski definition) is 5. The molecule has 1 atom stereocenters. The van der Waals surface area contributed by atoms with Crippen molar-refractivity contribution < 1.29 is 45.8 Å². The van der Waals surface area contributed by atoms with Crippen LogP contribution in [0.1, 0.15) is 10.4 Å². The molecule has 1 aliphatic rings. The molecule has 2 aromatic heterocycles. The highest BCUT2D eigenvalue weighted by Crippen LogP contribution is 2.28. The van der Waals surface area contributed by atoms with Gasteiger partial charge >= 0.3 is 18.3 Å². The topological polar surface area (TPSA) is 108 Å². The third kappa shape index (κ3) is 5.31. The summed E-state index contributed by atoms with van der Waals surface area (Å²) in [7, 11) is 1.43. The predicted molar refractivity (Wildman–Crippen MR) is 90.1 cm³/mol. The Morgan fingerprint density at radius 3 is 2.40 bits per heavy atom. The molecule has 0 spiro atoms. The summed E-state index contributed by atoms with van der Waals surface area (Å²) in [6, 6.07) is 1.42. The molecule has 3 N–H and O–H groups in total. The van der Waals surface area contributed by atoms with Gasteiger partial charge in [0.15, 0.2) is 0 Å². The zero-order chi connectivity index (χ0) is 22.7. The summed E-state index contributed by atoms with van der Waals surface area (Å²) in [6.07, 6.45) is -8.19. The highest BCUT2D eigenvalue weighted by Gasteiger charge is 2.47. The highest BCUT2D eigenvalue weighted by molar-refractivity contribution is 6.05. The molecule has 0 saturated carbocycles. The summed E-state index contributed by atoms with van der Waals surface area (Å²) in [5.41, 5.74) is 0.969. The normalized spacial score (nSPS) is 17.3. The fourth-order valence-electron chi connectivity index (χ4n) is 2.65. The Morgan fingerprint density at radius 1 is 1.23 bits per heavy atom. The van der Waals surface area contributed by atoms with Crippen molar-refractivity contribution >= 4 is 22.9 Å². The van der Waals surface area contributed by atoms with Gasteiger partial charge in [0.05, 0.1) is 18.2 Å². The SMILES string of the molecule is COc1ccc2[nH]cc(C(=O)N3CCNCC3C(F)(F)F)c2n1.O=C(O)C(F)(F)F. The zero-order valence-corrected chi connectivity index (χ0v) is 15.3. The van der Waals surface area contributed by atoms with E-state index in [1.807, 2.05) is 0 Å². The summed E-state index contributed by atoms with van der Waals surface area (Å²) in [6.45, 7) is -0.00851. The van der Waals surface area contributed by atoms with E-state index in [0.29, 0.717) is 23.5 Å². The lowest BCUT2D eigenvalue weighted by Crippen LogP contribution is -2.59. The first kappa shape index (κ1) is 23.3. The largest absolute Gasteiger partial charge is 0.490 e. The number of nitrogens with one attached hydrogen (secondary N) is 2. The van der Waals surface area contributed by atoms with Gasteiger partial charge in [-0.3, -0.25) is 4.79 Å². The van der Waals surface area contributed by atoms with Crippen LogP contribution in [0, 0.1) is 0 Å². The minimum atomic E-state index is -5.08. The number of aliphatic carboxylic acids is 1. The van der Waals surface area contributed by atoms with Crippen molar-refractivity contribution in [3.8, 4) is 5.88 Å². The number of carboxylic acid groups (broad SMARTS) is 1. The number of pyridine rings is 1. The fraction of sp³-hybridized carbons (Fsp3) is 0.438. The van der Waals surface area contributed by atoms with E-state index in [0.717, 1.165) is 4.90 Å². The number of alkyl halides is 6. The quantitative estimate of drug-likeness (QED) is 0.616. The zero-order valence-electron chi connectivity index (χ0n) is 15.3. The number of nitrogens with zero attached hydrogens (tertiary/aromatic N) is 2. The Bertz CT molecular complexity index is 911. The first-order valence-electron chi connectivity index (χ1n) is 8.27. The van der Waals surface area contributed by atoms with E-state index in [1.54, 1.807) is 12.1 Å². The van der Waals surface area contributed by atoms with Gasteiger partial charge in [-0.25, -0.2) is 9.78 Å². The molecule has 0 radical (unpaired) electrons. The van der Waals surface area contributed by atoms with Crippen LogP contribution < -0.4 is 10.1 Å². The van der Waals surface area contributed by atoms with Gasteiger partial charge in [0.2, 0.25) is 5.88 Å². The van der Waals surface area contributed by atoms with Crippen molar-refractivity contribution in [3.05, 3.63) is 23.9 Å². The standard InChI is InChI=1S/C14H15F3N4O2.C2HF3O2/c1-23-11-3-2-9-12(20-11)8(6-19-9)13(22)21-5-4-18-7-10(21)14(15,16)17;3-2(4,5)1(6)7/h2-3,6,10,18-19H,4-5,7H2,1H3;(H,6,7). The van der Waals surface area contributed by atoms with E-state index in [9.17, 15) is 31.1 Å². The minimum absolute atomic E-state index is 0.0142. The molecule has 1 saturated heterocycles. The van der Waals surface area contributed by atoms with Gasteiger partial charge in [0.1, 0.15) is 11.6 Å². The molecule has 30 heavy (non-hydrogen) atoms. The highest BCUT2D eigenvalue weighted by atomic mass is 19.4. The number of rotatable bonds is 2. The van der Waals surface area contributed by atoms with Crippen molar-refractivity contribution in [2.24, 2.45) is 0 Å². The van der Waals surface area contributed by atoms with Crippen LogP contribution in [0.5, 0.6) is 5.88 Å². The number of carboxylic acids is 1. The molecular formula is C16H16F6N4O4. The first-order valence-corrected chi connectivity index (χ1v) is 8.27. The van der Waals surface area contributed by atoms with E-state index in [1.165, 1.54) is 13.3 Å². The molecule has 2 aromatic rings. The molecule has 166 valence electrons. The predicted octanol–water partition coefficient (Wildman–Crippen LogP) is 2.18. The third-order valence-electron chi connectivity index (χ3n) is 4.06. The number of aromatic nitrogens is 2. The second-order valence-electron chi connectivity index (χ2n) is 6.02. The average Bonchev–Trinajstić information content (AvgIpc) is 3.09. The fourth-order valence-corrected chi connectivity index (χ4v) is 2.65. The monoisotopic (exact) mass is 442 g/mol. The molecule has 0 aromatic carbocycles. The van der Waals surface area contributed by atoms with Crippen LogP contribution in [0.25, 0.3) is 11.0 Å². The minimum Gasteiger partial charge on any atom is -0.481 e. The van der Waals surface area contributed by atoms with Gasteiger partial charge in [0.25, 0.3) is 5.91 Å². The lowest BCUT2D eigenvalue weighted by Gasteiger charge is -2.37. The number of amides is 1. The number of fused-ring (bicyclic) bond motifs is 1. The molecule has 1 aliphatic heterocycles. The maximum absolute atomic E-state index is 13.1. The second kappa shape index (κ2) is 8.77. The number of H-pyrrole nitrogens is 1. The molecular weight excluding hydrogens is 426 g/mol. The molecule has 8 nitrogen and oxygen atoms in total. The van der Waals surface area contributed by atoms with E-state index >= 15 is 0 Å². The molecule has 3 heterocycles. The molecule has 1 fully saturated rings. The summed E-state index contributed by atoms with van der Waals surface area (Å²) >= 11 is 0. The summed E-state index contributed by atoms with van der Waals surface area (Å²) < 4.78 is 76.2. The Hall–Kier alpha value is -3.03. The smallest absolute Gasteiger partial charge is 0.481 e. The van der Waals surface area contributed by atoms with Crippen molar-refractivity contribution in [2.75, 3.05) is 26.7 Å². The third-order valence-corrected chi connectivity index (χ3v) is 4.06. The Labute approximate surface area is 164 Å². The van der Waals surface area contributed by atoms with Gasteiger partial charge in [-0.15, -0.1) is 0 Å². The van der Waals surface area contributed by atoms with E-state index in [4.69, 9.17) is 14.6 Å². The average molecular weight is 442 g/mol. The maximum atomic E-state index is 13.1. The Morgan fingerprint density at radius 2 is 1.87 bits per heavy atom. The van der Waals surface area contributed by atoms with Crippen molar-refractivity contribution in [3.63, 3.8) is 0 Å². The van der Waals surface area contributed by atoms with Gasteiger partial charge in [-0.2, -0.15) is 26.3 Å². The lowest BCUT2D eigenvalue weighted by atomic mass is 10.1. The van der Waals surface area contributed by atoms with Gasteiger partial charge in [0, 0.05) is 31.9 Å². The van der Waals surface area contributed by atoms with E-state index in [2.05, 4.69) is 15.3 Å². The van der Waals surface area contributed by atoms with Crippen LogP contribution in [0.3, 0.4) is 0 Å². The Balaban J connectivity index is 0.000000396. The Kier molecular flexibility index (Phi) is 6.80. The van der Waals surface area contributed by atoms with Gasteiger partial charge in [-0.1, -0.05) is 0 Å². The molecule has 14 heteroatoms. The van der Waals surface area contributed by atoms with Crippen molar-refractivity contribution in [1.29, 1.82) is 0 Å². The molecule has 1 unspecified atom stereocenters. The molecule has 0 bridgehead atoms. The number of carbonyl (C=O) groups is 2. The lowest BCUT2D eigenvalue weighted by molar-refractivity contribution is -0.192. The number of hydrogen-bond donors (Lipinski definition) is 3. The van der Waals surface area contributed by atoms with Crippen LogP contribution >= 0.6 is 0 Å². The molecule has 1 amide bonds. The van der Waals surface area contributed by atoms with Crippen molar-refractivity contribution in [1.82, 2.24) is 20.2 Å². The number of carbonyl (C=O) groups excluding carboxylic acids is 1. The first-order chi connectivity index (χ1) is 13.9. The number of piperazine rings is 1. The van der Waals surface area contributed by atoms with Crippen LogP contribution in [0.4, 0.5) is 26.3 Å². The van der Waals surface area contributed by atoms with Gasteiger partial charge in [-0.05, 0) is 6.07 Å².